The summed E-state index contributed by atoms with van der Waals surface area (Å²) < 4.78 is 5.23. The van der Waals surface area contributed by atoms with Gasteiger partial charge < -0.3 is 4.74 Å². The lowest BCUT2D eigenvalue weighted by Gasteiger charge is -2.15. The largest absolute Gasteiger partial charge is 0.367 e. The van der Waals surface area contributed by atoms with Crippen molar-refractivity contribution in [1.82, 2.24) is 0 Å². The number of hydrogen-bond donors (Lipinski definition) is 0. The van der Waals surface area contributed by atoms with Gasteiger partial charge in [-0.1, -0.05) is 20.8 Å². The lowest BCUT2D eigenvalue weighted by molar-refractivity contribution is 0.418. The van der Waals surface area contributed by atoms with Crippen LogP contribution in [0, 0.1) is 0 Å². The van der Waals surface area contributed by atoms with Crippen molar-refractivity contribution in [3.63, 3.8) is 0 Å². The molecule has 1 aliphatic rings. The van der Waals surface area contributed by atoms with Crippen LogP contribution in [0.25, 0.3) is 0 Å². The minimum absolute atomic E-state index is 0.289. The van der Waals surface area contributed by atoms with Crippen LogP contribution in [0.4, 0.5) is 0 Å². The molecule has 1 aromatic rings. The van der Waals surface area contributed by atoms with Gasteiger partial charge in [0.05, 0.1) is 6.61 Å². The van der Waals surface area contributed by atoms with Gasteiger partial charge in [-0.2, -0.15) is 0 Å². The highest BCUT2D eigenvalue weighted by molar-refractivity contribution is 7.12. The topological polar surface area (TPSA) is 12.5 Å². The van der Waals surface area contributed by atoms with E-state index in [0.717, 1.165) is 6.61 Å². The Hall–Kier alpha value is -0.340. The van der Waals surface area contributed by atoms with Crippen LogP contribution >= 0.6 is 11.3 Å². The van der Waals surface area contributed by atoms with E-state index in [1.165, 1.54) is 9.75 Å². The average molecular weight is 182 g/mol. The molecule has 1 aromatic heterocycles. The number of epoxide rings is 1. The van der Waals surface area contributed by atoms with Gasteiger partial charge in [0.2, 0.25) is 0 Å². The number of rotatable bonds is 1. The number of hydrogen-bond acceptors (Lipinski definition) is 2. The van der Waals surface area contributed by atoms with Crippen LogP contribution in [0.15, 0.2) is 12.1 Å². The zero-order valence-electron chi connectivity index (χ0n) is 7.76. The van der Waals surface area contributed by atoms with Gasteiger partial charge in [0, 0.05) is 9.75 Å². The maximum absolute atomic E-state index is 5.23. The molecule has 0 bridgehead atoms. The molecule has 1 fully saturated rings. The molecule has 1 nitrogen and oxygen atoms in total. The van der Waals surface area contributed by atoms with Gasteiger partial charge in [-0.25, -0.2) is 0 Å². The molecule has 2 heteroatoms. The minimum Gasteiger partial charge on any atom is -0.367 e. The first-order valence-corrected chi connectivity index (χ1v) is 5.11. The Labute approximate surface area is 77.4 Å². The molecule has 0 aliphatic carbocycles. The van der Waals surface area contributed by atoms with Gasteiger partial charge in [0.1, 0.15) is 6.10 Å². The molecule has 2 rings (SSSR count). The molecule has 0 N–H and O–H groups in total. The van der Waals surface area contributed by atoms with E-state index in [1.807, 2.05) is 11.3 Å². The zero-order chi connectivity index (χ0) is 8.77. The Morgan fingerprint density at radius 3 is 2.50 bits per heavy atom. The Balaban J connectivity index is 2.23. The zero-order valence-corrected chi connectivity index (χ0v) is 8.57. The van der Waals surface area contributed by atoms with Crippen LogP contribution < -0.4 is 0 Å². The van der Waals surface area contributed by atoms with E-state index in [9.17, 15) is 0 Å². The van der Waals surface area contributed by atoms with E-state index in [1.54, 1.807) is 0 Å². The van der Waals surface area contributed by atoms with Crippen molar-refractivity contribution in [2.75, 3.05) is 6.61 Å². The van der Waals surface area contributed by atoms with Crippen LogP contribution in [0.5, 0.6) is 0 Å². The quantitative estimate of drug-likeness (QED) is 0.608. The fraction of sp³-hybridized carbons (Fsp3) is 0.600. The molecule has 1 atom stereocenters. The molecule has 2 heterocycles. The second kappa shape index (κ2) is 2.57. The third-order valence-corrected chi connectivity index (χ3v) is 3.62. The number of thiophene rings is 1. The molecule has 0 spiro atoms. The van der Waals surface area contributed by atoms with Crippen molar-refractivity contribution in [2.45, 2.75) is 32.3 Å². The lowest BCUT2D eigenvalue weighted by Crippen LogP contribution is -2.07. The molecule has 1 saturated heterocycles. The molecular weight excluding hydrogens is 168 g/mol. The summed E-state index contributed by atoms with van der Waals surface area (Å²) in [5.74, 6) is 0. The molecule has 0 saturated carbocycles. The Morgan fingerprint density at radius 2 is 2.08 bits per heavy atom. The fourth-order valence-corrected chi connectivity index (χ4v) is 2.24. The van der Waals surface area contributed by atoms with Gasteiger partial charge in [-0.05, 0) is 17.5 Å². The van der Waals surface area contributed by atoms with Gasteiger partial charge in [0.25, 0.3) is 0 Å². The summed E-state index contributed by atoms with van der Waals surface area (Å²) in [5.41, 5.74) is 0.289. The smallest absolute Gasteiger partial charge is 0.115 e. The lowest BCUT2D eigenvalue weighted by atomic mass is 9.95. The Morgan fingerprint density at radius 1 is 1.42 bits per heavy atom. The van der Waals surface area contributed by atoms with Crippen LogP contribution in [0.2, 0.25) is 0 Å². The summed E-state index contributed by atoms with van der Waals surface area (Å²) in [6.07, 6.45) is 0.422. The summed E-state index contributed by atoms with van der Waals surface area (Å²) >= 11 is 1.89. The molecule has 66 valence electrons. The van der Waals surface area contributed by atoms with Crippen molar-refractivity contribution in [2.24, 2.45) is 0 Å². The van der Waals surface area contributed by atoms with E-state index in [2.05, 4.69) is 32.9 Å². The average Bonchev–Trinajstić information content (AvgIpc) is 2.66. The standard InChI is InChI=1S/C10H14OS/c1-10(2,3)9-5-4-8(12-9)7-6-11-7/h4-5,7H,6H2,1-3H3. The summed E-state index contributed by atoms with van der Waals surface area (Å²) in [7, 11) is 0. The van der Waals surface area contributed by atoms with Crippen LogP contribution in [-0.4, -0.2) is 6.61 Å². The first-order chi connectivity index (χ1) is 5.57. The van der Waals surface area contributed by atoms with E-state index in [4.69, 9.17) is 4.74 Å². The second-order valence-electron chi connectivity index (χ2n) is 4.27. The van der Waals surface area contributed by atoms with E-state index >= 15 is 0 Å². The van der Waals surface area contributed by atoms with E-state index in [-0.39, 0.29) is 5.41 Å². The third-order valence-electron chi connectivity index (χ3n) is 2.02. The molecule has 12 heavy (non-hydrogen) atoms. The first-order valence-electron chi connectivity index (χ1n) is 4.29. The predicted molar refractivity (Wildman–Crippen MR) is 51.7 cm³/mol. The molecule has 0 amide bonds. The van der Waals surface area contributed by atoms with Crippen molar-refractivity contribution in [3.8, 4) is 0 Å². The second-order valence-corrected chi connectivity index (χ2v) is 5.39. The van der Waals surface area contributed by atoms with E-state index < -0.39 is 0 Å². The van der Waals surface area contributed by atoms with Gasteiger partial charge in [-0.3, -0.25) is 0 Å². The third kappa shape index (κ3) is 1.54. The van der Waals surface area contributed by atoms with Crippen molar-refractivity contribution < 1.29 is 4.74 Å². The van der Waals surface area contributed by atoms with Gasteiger partial charge in [0.15, 0.2) is 0 Å². The summed E-state index contributed by atoms with van der Waals surface area (Å²) in [5, 5.41) is 0. The van der Waals surface area contributed by atoms with Gasteiger partial charge >= 0.3 is 0 Å². The highest BCUT2D eigenvalue weighted by Gasteiger charge is 2.27. The predicted octanol–water partition coefficient (Wildman–Crippen LogP) is 3.12. The highest BCUT2D eigenvalue weighted by Crippen LogP contribution is 2.38. The molecular formula is C10H14OS. The summed E-state index contributed by atoms with van der Waals surface area (Å²) in [6, 6.07) is 4.42. The molecule has 1 unspecified atom stereocenters. The summed E-state index contributed by atoms with van der Waals surface area (Å²) in [4.78, 5) is 2.84. The molecule has 0 radical (unpaired) electrons. The van der Waals surface area contributed by atoms with Crippen molar-refractivity contribution in [1.29, 1.82) is 0 Å². The highest BCUT2D eigenvalue weighted by atomic mass is 32.1. The maximum Gasteiger partial charge on any atom is 0.115 e. The number of ether oxygens (including phenoxy) is 1. The van der Waals surface area contributed by atoms with Crippen molar-refractivity contribution >= 4 is 11.3 Å². The van der Waals surface area contributed by atoms with Crippen LogP contribution in [0.3, 0.4) is 0 Å². The van der Waals surface area contributed by atoms with Gasteiger partial charge in [-0.15, -0.1) is 11.3 Å². The Bertz CT molecular complexity index is 278. The van der Waals surface area contributed by atoms with Crippen LogP contribution in [-0.2, 0) is 10.2 Å². The SMILES string of the molecule is CC(C)(C)c1ccc(C2CO2)s1. The van der Waals surface area contributed by atoms with Crippen molar-refractivity contribution in [3.05, 3.63) is 21.9 Å². The monoisotopic (exact) mass is 182 g/mol. The fourth-order valence-electron chi connectivity index (χ4n) is 1.14. The summed E-state index contributed by atoms with van der Waals surface area (Å²) in [6.45, 7) is 7.66. The minimum atomic E-state index is 0.289. The maximum atomic E-state index is 5.23. The molecule has 1 aliphatic heterocycles. The molecule has 0 aromatic carbocycles. The normalized spacial score (nSPS) is 22.8. The van der Waals surface area contributed by atoms with Crippen LogP contribution in [0.1, 0.15) is 36.6 Å². The Kier molecular flexibility index (Phi) is 1.77. The van der Waals surface area contributed by atoms with E-state index in [0.29, 0.717) is 6.10 Å². The first kappa shape index (κ1) is 8.27.